The second kappa shape index (κ2) is 4.60. The van der Waals surface area contributed by atoms with Crippen molar-refractivity contribution in [3.63, 3.8) is 0 Å². The molecule has 1 heterocycles. The summed E-state index contributed by atoms with van der Waals surface area (Å²) in [6.45, 7) is 0. The van der Waals surface area contributed by atoms with Crippen LogP contribution in [0.4, 0.5) is 0 Å². The van der Waals surface area contributed by atoms with Crippen molar-refractivity contribution >= 4 is 38.2 Å². The fourth-order valence-corrected chi connectivity index (χ4v) is 5.62. The number of alkyl halides is 1. The summed E-state index contributed by atoms with van der Waals surface area (Å²) in [4.78, 5) is 13.2. The number of carbonyl (C=O) groups excluding carboxylic acids is 1. The second-order valence-electron chi connectivity index (χ2n) is 2.19. The molecule has 0 amide bonds. The molecule has 1 saturated heterocycles. The van der Waals surface area contributed by atoms with Gasteiger partial charge in [0.15, 0.2) is 0 Å². The van der Waals surface area contributed by atoms with E-state index in [0.717, 1.165) is 6.32 Å². The average molecular weight is 380 g/mol. The fraction of sp³-hybridized carbons (Fsp3) is 0.800. The average Bonchev–Trinajstić information content (AvgIpc) is 1.96. The molecule has 57 valence electrons. The van der Waals surface area contributed by atoms with Crippen LogP contribution in [0, 0.1) is 5.92 Å². The number of hydrogen-bond acceptors (Lipinski definition) is 1. The number of rotatable bonds is 3. The van der Waals surface area contributed by atoms with Gasteiger partial charge >= 0.3 is 87.0 Å². The fourth-order valence-electron chi connectivity index (χ4n) is 0.781. The Labute approximate surface area is 86.2 Å². The van der Waals surface area contributed by atoms with Gasteiger partial charge in [-0.1, -0.05) is 0 Å². The third-order valence-electron chi connectivity index (χ3n) is 1.55. The predicted octanol–water partition coefficient (Wildman–Crippen LogP) is -1.27. The zero-order valence-electron chi connectivity index (χ0n) is 5.68. The number of halogens is 2. The van der Waals surface area contributed by atoms with Crippen LogP contribution in [0.1, 0.15) is 0 Å². The number of carbonyl (C=O) groups is 1. The van der Waals surface area contributed by atoms with Crippen molar-refractivity contribution in [2.75, 3.05) is 11.1 Å². The zero-order chi connectivity index (χ0) is 7.56. The van der Waals surface area contributed by atoms with Gasteiger partial charge in [-0.15, -0.1) is 0 Å². The van der Waals surface area contributed by atoms with E-state index in [1.54, 1.807) is 0 Å². The van der Waals surface area contributed by atoms with Crippen molar-refractivity contribution < 1.29 is 25.4 Å². The van der Waals surface area contributed by atoms with Gasteiger partial charge in [-0.25, -0.2) is 0 Å². The summed E-state index contributed by atoms with van der Waals surface area (Å²) in [6, 6.07) is 0. The molecule has 1 fully saturated rings. The number of hydrogen-bond donors (Lipinski definition) is 0. The summed E-state index contributed by atoms with van der Waals surface area (Å²) in [5.41, 5.74) is 0.404. The summed E-state index contributed by atoms with van der Waals surface area (Å²) < 4.78 is 0.240. The van der Waals surface area contributed by atoms with E-state index in [-0.39, 0.29) is 3.21 Å². The van der Waals surface area contributed by atoms with Gasteiger partial charge in [0.25, 0.3) is 0 Å². The first-order valence-electron chi connectivity index (χ1n) is 3.04. The molecule has 1 nitrogen and oxygen atoms in total. The maximum absolute atomic E-state index is 10.8. The van der Waals surface area contributed by atoms with Gasteiger partial charge < -0.3 is 0 Å². The molecule has 1 radical (unpaired) electrons. The quantitative estimate of drug-likeness (QED) is 0.259. The Morgan fingerprint density at radius 2 is 2.70 bits per heavy atom. The Balaban J connectivity index is 2.19. The van der Waals surface area contributed by atoms with Crippen LogP contribution in [-0.4, -0.2) is 24.1 Å². The van der Waals surface area contributed by atoms with Gasteiger partial charge in [0.1, 0.15) is 0 Å². The Morgan fingerprint density at radius 3 is 3.00 bits per heavy atom. The van der Waals surface area contributed by atoms with Crippen LogP contribution in [0.3, 0.4) is 0 Å². The zero-order valence-corrected chi connectivity index (χ0v) is 10.9. The van der Waals surface area contributed by atoms with Crippen LogP contribution in [-0.2, 0) is 4.79 Å². The molecule has 10 heavy (non-hydrogen) atoms. The van der Waals surface area contributed by atoms with Gasteiger partial charge in [-0.3, -0.25) is 0 Å². The molecule has 0 spiro atoms. The third kappa shape index (κ3) is 2.59. The van der Waals surface area contributed by atoms with E-state index in [9.17, 15) is 4.79 Å². The molecule has 5 heteroatoms. The standard InChI is InChI=1S/C5H8BI2OP/c1-8-10(7)3-4-2-6-5(4)9/h4H,2-3H2,1H3/q-1. The van der Waals surface area contributed by atoms with Gasteiger partial charge in [-0.05, 0) is 0 Å². The molecule has 0 saturated carbocycles. The molecule has 1 aliphatic heterocycles. The van der Waals surface area contributed by atoms with Crippen LogP contribution < -0.4 is 20.7 Å². The van der Waals surface area contributed by atoms with Crippen LogP contribution in [0.15, 0.2) is 0 Å². The van der Waals surface area contributed by atoms with Crippen LogP contribution >= 0.6 is 25.2 Å². The van der Waals surface area contributed by atoms with Crippen molar-refractivity contribution in [1.29, 1.82) is 0 Å². The van der Waals surface area contributed by atoms with Crippen LogP contribution in [0.2, 0.25) is 6.32 Å². The van der Waals surface area contributed by atoms with Gasteiger partial charge in [0.2, 0.25) is 0 Å². The van der Waals surface area contributed by atoms with Crippen molar-refractivity contribution in [2.45, 2.75) is 6.32 Å². The van der Waals surface area contributed by atoms with E-state index in [4.69, 9.17) is 0 Å². The van der Waals surface area contributed by atoms with Gasteiger partial charge in [0, 0.05) is 0 Å². The Morgan fingerprint density at radius 1 is 2.00 bits per heavy atom. The van der Waals surface area contributed by atoms with E-state index in [1.807, 2.05) is 7.28 Å². The SMILES string of the molecule is C[I-]P(I)CC1C[B]C1=O. The summed E-state index contributed by atoms with van der Waals surface area (Å²) in [7, 11) is 1.82. The first-order chi connectivity index (χ1) is 4.74. The molecule has 0 bridgehead atoms. The Kier molecular flexibility index (Phi) is 4.47. The van der Waals surface area contributed by atoms with E-state index >= 15 is 0 Å². The second-order valence-corrected chi connectivity index (χ2v) is 18.9. The van der Waals surface area contributed by atoms with Crippen LogP contribution in [0.5, 0.6) is 0 Å². The van der Waals surface area contributed by atoms with Crippen molar-refractivity contribution in [3.05, 3.63) is 0 Å². The Hall–Kier alpha value is 1.62. The molecule has 1 aliphatic rings. The first-order valence-corrected chi connectivity index (χ1v) is 12.3. The topological polar surface area (TPSA) is 17.1 Å². The Bertz CT molecular complexity index is 144. The summed E-state index contributed by atoms with van der Waals surface area (Å²) in [5, 5.41) is 0. The molecule has 0 N–H and O–H groups in total. The van der Waals surface area contributed by atoms with E-state index in [0.29, 0.717) is 32.3 Å². The van der Waals surface area contributed by atoms with E-state index in [2.05, 4.69) is 27.0 Å². The third-order valence-corrected chi connectivity index (χ3v) is 15.5. The molecule has 1 rings (SSSR count). The van der Waals surface area contributed by atoms with Gasteiger partial charge in [0.05, 0.1) is 0 Å². The van der Waals surface area contributed by atoms with Crippen LogP contribution in [0.25, 0.3) is 0 Å². The molecule has 0 aromatic heterocycles. The molecule has 0 aromatic carbocycles. The monoisotopic (exact) mass is 380 g/mol. The summed E-state index contributed by atoms with van der Waals surface area (Å²) in [6.07, 6.45) is 2.26. The minimum absolute atomic E-state index is 0.240. The molecule has 2 unspecified atom stereocenters. The summed E-state index contributed by atoms with van der Waals surface area (Å²) in [5.74, 6) is 0.433. The molecule has 0 aromatic rings. The van der Waals surface area contributed by atoms with Crippen molar-refractivity contribution in [2.24, 2.45) is 5.92 Å². The normalized spacial score (nSPS) is 27.4. The molecule has 0 aliphatic carbocycles. The molecular formula is C5H8BI2OP-. The summed E-state index contributed by atoms with van der Waals surface area (Å²) >= 11 is 2.94. The van der Waals surface area contributed by atoms with E-state index < -0.39 is 0 Å². The predicted molar refractivity (Wildman–Crippen MR) is 50.8 cm³/mol. The molecule has 2 atom stereocenters. The van der Waals surface area contributed by atoms with Crippen molar-refractivity contribution in [3.8, 4) is 0 Å². The molecular weight excluding hydrogens is 372 g/mol. The van der Waals surface area contributed by atoms with Crippen molar-refractivity contribution in [1.82, 2.24) is 0 Å². The maximum atomic E-state index is 10.8. The van der Waals surface area contributed by atoms with E-state index in [1.165, 1.54) is 6.16 Å². The van der Waals surface area contributed by atoms with Gasteiger partial charge in [-0.2, -0.15) is 0 Å². The minimum atomic E-state index is 0.240. The first kappa shape index (κ1) is 9.71.